The average Bonchev–Trinajstić information content (AvgIpc) is 3.02. The van der Waals surface area contributed by atoms with Crippen molar-refractivity contribution in [1.29, 1.82) is 0 Å². The number of amidine groups is 1. The number of hydrogen-bond acceptors (Lipinski definition) is 7. The molecule has 3 rings (SSSR count). The van der Waals surface area contributed by atoms with E-state index in [1.807, 2.05) is 11.5 Å². The molecule has 9 nitrogen and oxygen atoms in total. The highest BCUT2D eigenvalue weighted by Gasteiger charge is 2.19. The number of nitro benzene ring substituents is 1. The van der Waals surface area contributed by atoms with Crippen LogP contribution in [-0.2, 0) is 0 Å². The minimum absolute atomic E-state index is 0.00315. The monoisotopic (exact) mass is 299 g/mol. The average molecular weight is 299 g/mol. The van der Waals surface area contributed by atoms with Crippen LogP contribution in [0.15, 0.2) is 52.1 Å². The lowest BCUT2D eigenvalue weighted by molar-refractivity contribution is -0.383. The molecule has 0 aliphatic heterocycles. The minimum Gasteiger partial charge on any atom is -0.290 e. The van der Waals surface area contributed by atoms with Crippen molar-refractivity contribution in [1.82, 2.24) is 15.8 Å². The Labute approximate surface area is 123 Å². The first-order chi connectivity index (χ1) is 10.7. The molecule has 0 saturated carbocycles. The van der Waals surface area contributed by atoms with Gasteiger partial charge >= 0.3 is 5.69 Å². The topological polar surface area (TPSA) is 127 Å². The van der Waals surface area contributed by atoms with E-state index in [2.05, 4.69) is 19.9 Å². The van der Waals surface area contributed by atoms with Crippen molar-refractivity contribution in [3.63, 3.8) is 0 Å². The third-order valence-electron chi connectivity index (χ3n) is 2.95. The Morgan fingerprint density at radius 1 is 1.18 bits per heavy atom. The van der Waals surface area contributed by atoms with Gasteiger partial charge in [0, 0.05) is 11.6 Å². The molecule has 22 heavy (non-hydrogen) atoms. The van der Waals surface area contributed by atoms with Crippen LogP contribution in [0.3, 0.4) is 0 Å². The van der Waals surface area contributed by atoms with E-state index < -0.39 is 4.92 Å². The minimum atomic E-state index is -0.581. The molecule has 3 aromatic rings. The SMILES string of the molecule is O=[N+]([O-])c1ccc(N=C(NO)c2ccccc2)c2nonc12. The lowest BCUT2D eigenvalue weighted by Crippen LogP contribution is -2.19. The van der Waals surface area contributed by atoms with Gasteiger partial charge in [-0.15, -0.1) is 0 Å². The molecular weight excluding hydrogens is 290 g/mol. The number of non-ortho nitro benzene ring substituents is 1. The molecule has 1 heterocycles. The van der Waals surface area contributed by atoms with Crippen LogP contribution >= 0.6 is 0 Å². The summed E-state index contributed by atoms with van der Waals surface area (Å²) in [5.41, 5.74) is 2.82. The van der Waals surface area contributed by atoms with Gasteiger partial charge in [0.1, 0.15) is 0 Å². The fourth-order valence-electron chi connectivity index (χ4n) is 1.95. The highest BCUT2D eigenvalue weighted by molar-refractivity contribution is 6.02. The number of nitrogens with one attached hydrogen (secondary N) is 1. The van der Waals surface area contributed by atoms with Gasteiger partial charge in [0.25, 0.3) is 0 Å². The molecule has 2 N–H and O–H groups in total. The number of nitrogens with zero attached hydrogens (tertiary/aromatic N) is 4. The van der Waals surface area contributed by atoms with E-state index in [0.717, 1.165) is 0 Å². The standard InChI is InChI=1S/C13H9N5O4/c19-15-13(8-4-2-1-3-5-8)14-9-6-7-10(18(20)21)12-11(9)16-22-17-12/h1-7,19H,(H,14,15). The third kappa shape index (κ3) is 2.36. The number of rotatable bonds is 3. The van der Waals surface area contributed by atoms with Gasteiger partial charge in [-0.25, -0.2) is 9.62 Å². The maximum Gasteiger partial charge on any atom is 0.300 e. The van der Waals surface area contributed by atoms with Crippen molar-refractivity contribution in [3.05, 3.63) is 58.1 Å². The number of benzene rings is 2. The fourth-order valence-corrected chi connectivity index (χ4v) is 1.95. The van der Waals surface area contributed by atoms with Gasteiger partial charge in [-0.05, 0) is 16.4 Å². The Hall–Kier alpha value is -3.33. The van der Waals surface area contributed by atoms with Crippen LogP contribution in [-0.4, -0.2) is 26.3 Å². The number of aromatic nitrogens is 2. The van der Waals surface area contributed by atoms with E-state index >= 15 is 0 Å². The van der Waals surface area contributed by atoms with Crippen LogP contribution in [0.1, 0.15) is 5.56 Å². The number of fused-ring (bicyclic) bond motifs is 1. The van der Waals surface area contributed by atoms with E-state index in [-0.39, 0.29) is 28.2 Å². The summed E-state index contributed by atoms with van der Waals surface area (Å²) >= 11 is 0. The third-order valence-corrected chi connectivity index (χ3v) is 2.95. The van der Waals surface area contributed by atoms with E-state index in [9.17, 15) is 15.3 Å². The Kier molecular flexibility index (Phi) is 3.46. The Bertz CT molecular complexity index is 859. The summed E-state index contributed by atoms with van der Waals surface area (Å²) in [6.07, 6.45) is 0. The Balaban J connectivity index is 2.14. The molecule has 110 valence electrons. The first-order valence-electron chi connectivity index (χ1n) is 6.14. The number of nitro groups is 1. The first-order valence-corrected chi connectivity index (χ1v) is 6.14. The van der Waals surface area contributed by atoms with Gasteiger partial charge in [0.2, 0.25) is 5.52 Å². The zero-order valence-corrected chi connectivity index (χ0v) is 11.0. The lowest BCUT2D eigenvalue weighted by Gasteiger charge is -2.04. The second-order valence-corrected chi connectivity index (χ2v) is 4.26. The molecule has 0 aliphatic carbocycles. The van der Waals surface area contributed by atoms with Crippen molar-refractivity contribution in [3.8, 4) is 0 Å². The smallest absolute Gasteiger partial charge is 0.290 e. The number of aliphatic imine (C=N–C) groups is 1. The second-order valence-electron chi connectivity index (χ2n) is 4.26. The van der Waals surface area contributed by atoms with Crippen LogP contribution in [0.25, 0.3) is 11.0 Å². The molecule has 1 aromatic heterocycles. The number of hydrogen-bond donors (Lipinski definition) is 2. The summed E-state index contributed by atoms with van der Waals surface area (Å²) in [6.45, 7) is 0. The molecule has 0 unspecified atom stereocenters. The quantitative estimate of drug-likeness (QED) is 0.328. The molecule has 2 aromatic carbocycles. The molecule has 0 amide bonds. The van der Waals surface area contributed by atoms with Crippen LogP contribution in [0.2, 0.25) is 0 Å². The highest BCUT2D eigenvalue weighted by Crippen LogP contribution is 2.30. The first kappa shape index (κ1) is 13.6. The molecule has 9 heteroatoms. The zero-order valence-electron chi connectivity index (χ0n) is 11.0. The van der Waals surface area contributed by atoms with Gasteiger partial charge in [-0.2, -0.15) is 0 Å². The highest BCUT2D eigenvalue weighted by atomic mass is 16.6. The second kappa shape index (κ2) is 5.58. The zero-order chi connectivity index (χ0) is 15.5. The van der Waals surface area contributed by atoms with Crippen molar-refractivity contribution in [2.45, 2.75) is 0 Å². The van der Waals surface area contributed by atoms with Gasteiger partial charge in [0.15, 0.2) is 11.4 Å². The van der Waals surface area contributed by atoms with Crippen LogP contribution in [0.4, 0.5) is 11.4 Å². The molecule has 0 aliphatic rings. The van der Waals surface area contributed by atoms with Crippen molar-refractivity contribution in [2.24, 2.45) is 4.99 Å². The number of hydroxylamine groups is 1. The van der Waals surface area contributed by atoms with Crippen LogP contribution in [0, 0.1) is 10.1 Å². The summed E-state index contributed by atoms with van der Waals surface area (Å²) in [6, 6.07) is 11.5. The fraction of sp³-hybridized carbons (Fsp3) is 0. The molecule has 0 atom stereocenters. The molecule has 0 bridgehead atoms. The van der Waals surface area contributed by atoms with Crippen LogP contribution < -0.4 is 5.48 Å². The summed E-state index contributed by atoms with van der Waals surface area (Å²) in [5, 5.41) is 27.4. The predicted molar refractivity (Wildman–Crippen MR) is 76.0 cm³/mol. The largest absolute Gasteiger partial charge is 0.300 e. The summed E-state index contributed by atoms with van der Waals surface area (Å²) in [7, 11) is 0. The van der Waals surface area contributed by atoms with Gasteiger partial charge in [-0.3, -0.25) is 20.8 Å². The van der Waals surface area contributed by atoms with Crippen molar-refractivity contribution < 1.29 is 14.8 Å². The summed E-state index contributed by atoms with van der Waals surface area (Å²) in [5.74, 6) is 0.166. The predicted octanol–water partition coefficient (Wildman–Crippen LogP) is 2.19. The van der Waals surface area contributed by atoms with Crippen molar-refractivity contribution >= 4 is 28.2 Å². The molecule has 0 spiro atoms. The van der Waals surface area contributed by atoms with E-state index in [4.69, 9.17) is 0 Å². The van der Waals surface area contributed by atoms with Gasteiger partial charge < -0.3 is 0 Å². The Morgan fingerprint density at radius 3 is 2.59 bits per heavy atom. The normalized spacial score (nSPS) is 11.6. The summed E-state index contributed by atoms with van der Waals surface area (Å²) < 4.78 is 4.56. The molecule has 0 fully saturated rings. The van der Waals surface area contributed by atoms with Crippen LogP contribution in [0.5, 0.6) is 0 Å². The maximum atomic E-state index is 10.9. The van der Waals surface area contributed by atoms with Gasteiger partial charge in [-0.1, -0.05) is 30.3 Å². The van der Waals surface area contributed by atoms with E-state index in [1.54, 1.807) is 24.3 Å². The van der Waals surface area contributed by atoms with E-state index in [0.29, 0.717) is 5.56 Å². The van der Waals surface area contributed by atoms with Gasteiger partial charge in [0.05, 0.1) is 10.6 Å². The maximum absolute atomic E-state index is 10.9. The van der Waals surface area contributed by atoms with Crippen molar-refractivity contribution in [2.75, 3.05) is 0 Å². The van der Waals surface area contributed by atoms with E-state index in [1.165, 1.54) is 12.1 Å². The summed E-state index contributed by atoms with van der Waals surface area (Å²) in [4.78, 5) is 14.6. The molecule has 0 radical (unpaired) electrons. The Morgan fingerprint density at radius 2 is 1.91 bits per heavy atom. The molecular formula is C13H9N5O4. The molecule has 0 saturated heterocycles. The lowest BCUT2D eigenvalue weighted by atomic mass is 10.2.